The SMILES string of the molecule is Cn1cc(NC(=O)NCc2nc(C3CC3)nn2C)c(C(F)F)n1. The molecular weight excluding hydrogens is 308 g/mol. The highest BCUT2D eigenvalue weighted by atomic mass is 19.3. The molecule has 0 spiro atoms. The first-order valence-corrected chi connectivity index (χ1v) is 7.20. The summed E-state index contributed by atoms with van der Waals surface area (Å²) < 4.78 is 28.5. The van der Waals surface area contributed by atoms with Crippen molar-refractivity contribution in [3.8, 4) is 0 Å². The Morgan fingerprint density at radius 2 is 2.13 bits per heavy atom. The zero-order chi connectivity index (χ0) is 16.6. The number of hydrogen-bond donors (Lipinski definition) is 2. The average Bonchev–Trinajstić information content (AvgIpc) is 3.17. The fourth-order valence-corrected chi connectivity index (χ4v) is 2.20. The molecule has 0 saturated heterocycles. The second-order valence-corrected chi connectivity index (χ2v) is 5.49. The molecule has 0 atom stereocenters. The van der Waals surface area contributed by atoms with Crippen LogP contribution in [0.4, 0.5) is 19.3 Å². The minimum Gasteiger partial charge on any atom is -0.331 e. The molecule has 2 amide bonds. The van der Waals surface area contributed by atoms with Gasteiger partial charge in [0, 0.05) is 26.2 Å². The highest BCUT2D eigenvalue weighted by molar-refractivity contribution is 5.89. The fraction of sp³-hybridized carbons (Fsp3) is 0.538. The van der Waals surface area contributed by atoms with E-state index in [2.05, 4.69) is 25.8 Å². The molecule has 2 heterocycles. The maximum Gasteiger partial charge on any atom is 0.319 e. The second kappa shape index (κ2) is 5.94. The third kappa shape index (κ3) is 3.46. The summed E-state index contributed by atoms with van der Waals surface area (Å²) in [5.41, 5.74) is -0.478. The number of amides is 2. The van der Waals surface area contributed by atoms with Gasteiger partial charge in [0.15, 0.2) is 11.5 Å². The molecular formula is C13H17F2N7O. The van der Waals surface area contributed by atoms with Gasteiger partial charge in [0.2, 0.25) is 0 Å². The Balaban J connectivity index is 1.59. The van der Waals surface area contributed by atoms with E-state index >= 15 is 0 Å². The number of halogens is 2. The van der Waals surface area contributed by atoms with Crippen molar-refractivity contribution in [2.75, 3.05) is 5.32 Å². The summed E-state index contributed by atoms with van der Waals surface area (Å²) in [7, 11) is 3.26. The van der Waals surface area contributed by atoms with Crippen molar-refractivity contribution in [2.24, 2.45) is 14.1 Å². The minimum atomic E-state index is -2.76. The molecule has 1 aliphatic rings. The Morgan fingerprint density at radius 1 is 1.39 bits per heavy atom. The molecule has 1 saturated carbocycles. The highest BCUT2D eigenvalue weighted by Gasteiger charge is 2.28. The average molecular weight is 325 g/mol. The smallest absolute Gasteiger partial charge is 0.319 e. The summed E-state index contributed by atoms with van der Waals surface area (Å²) in [6.45, 7) is 0.159. The predicted molar refractivity (Wildman–Crippen MR) is 77.0 cm³/mol. The zero-order valence-electron chi connectivity index (χ0n) is 12.8. The lowest BCUT2D eigenvalue weighted by molar-refractivity contribution is 0.146. The van der Waals surface area contributed by atoms with Crippen molar-refractivity contribution in [3.05, 3.63) is 23.5 Å². The van der Waals surface area contributed by atoms with Gasteiger partial charge in [-0.15, -0.1) is 0 Å². The number of alkyl halides is 2. The van der Waals surface area contributed by atoms with Gasteiger partial charge in [0.25, 0.3) is 6.43 Å². The molecule has 23 heavy (non-hydrogen) atoms. The minimum absolute atomic E-state index is 0.0170. The number of nitrogens with zero attached hydrogens (tertiary/aromatic N) is 5. The number of hydrogen-bond acceptors (Lipinski definition) is 4. The van der Waals surface area contributed by atoms with Crippen molar-refractivity contribution in [1.29, 1.82) is 0 Å². The second-order valence-electron chi connectivity index (χ2n) is 5.49. The van der Waals surface area contributed by atoms with E-state index in [0.29, 0.717) is 11.7 Å². The number of anilines is 1. The first-order valence-electron chi connectivity index (χ1n) is 7.20. The lowest BCUT2D eigenvalue weighted by Gasteiger charge is -2.06. The summed E-state index contributed by atoms with van der Waals surface area (Å²) >= 11 is 0. The molecule has 3 rings (SSSR count). The first-order chi connectivity index (χ1) is 10.9. The van der Waals surface area contributed by atoms with Crippen molar-refractivity contribution >= 4 is 11.7 Å². The Labute approximate surface area is 130 Å². The molecule has 8 nitrogen and oxygen atoms in total. The van der Waals surface area contributed by atoms with Crippen LogP contribution in [0.5, 0.6) is 0 Å². The monoisotopic (exact) mass is 325 g/mol. The summed E-state index contributed by atoms with van der Waals surface area (Å²) in [6, 6.07) is -0.601. The molecule has 0 aromatic carbocycles. The third-order valence-corrected chi connectivity index (χ3v) is 3.53. The molecule has 2 N–H and O–H groups in total. The normalized spacial score (nSPS) is 14.3. The van der Waals surface area contributed by atoms with E-state index in [4.69, 9.17) is 0 Å². The fourth-order valence-electron chi connectivity index (χ4n) is 2.20. The van der Waals surface area contributed by atoms with Crippen LogP contribution in [0.15, 0.2) is 6.20 Å². The molecule has 124 valence electrons. The highest BCUT2D eigenvalue weighted by Crippen LogP contribution is 2.37. The largest absolute Gasteiger partial charge is 0.331 e. The Hall–Kier alpha value is -2.52. The molecule has 0 aliphatic heterocycles. The number of aromatic nitrogens is 5. The van der Waals surface area contributed by atoms with Crippen LogP contribution in [0.2, 0.25) is 0 Å². The summed E-state index contributed by atoms with van der Waals surface area (Å²) in [5, 5.41) is 12.9. The number of nitrogens with one attached hydrogen (secondary N) is 2. The van der Waals surface area contributed by atoms with Crippen molar-refractivity contribution in [3.63, 3.8) is 0 Å². The van der Waals surface area contributed by atoms with Gasteiger partial charge >= 0.3 is 6.03 Å². The summed E-state index contributed by atoms with van der Waals surface area (Å²) in [5.74, 6) is 1.83. The van der Waals surface area contributed by atoms with Crippen LogP contribution in [-0.2, 0) is 20.6 Å². The summed E-state index contributed by atoms with van der Waals surface area (Å²) in [6.07, 6.45) is 0.754. The number of carbonyl (C=O) groups excluding carboxylic acids is 1. The van der Waals surface area contributed by atoms with Gasteiger partial charge in [-0.05, 0) is 12.8 Å². The van der Waals surface area contributed by atoms with E-state index in [0.717, 1.165) is 18.7 Å². The standard InChI is InChI=1S/C13H17F2N7O/c1-21-6-8(10(19-21)11(14)15)17-13(23)16-5-9-18-12(7-3-4-7)20-22(9)2/h6-7,11H,3-5H2,1-2H3,(H2,16,17,23). The number of urea groups is 1. The topological polar surface area (TPSA) is 89.7 Å². The molecule has 1 aliphatic carbocycles. The Bertz CT molecular complexity index is 720. The third-order valence-electron chi connectivity index (χ3n) is 3.53. The molecule has 10 heteroatoms. The van der Waals surface area contributed by atoms with Gasteiger partial charge in [0.05, 0.1) is 12.2 Å². The summed E-state index contributed by atoms with van der Waals surface area (Å²) in [4.78, 5) is 16.2. The number of carbonyl (C=O) groups is 1. The van der Waals surface area contributed by atoms with Crippen LogP contribution in [0.1, 0.15) is 42.5 Å². The lowest BCUT2D eigenvalue weighted by atomic mass is 10.4. The molecule has 1 fully saturated rings. The van der Waals surface area contributed by atoms with Crippen molar-refractivity contribution in [1.82, 2.24) is 29.9 Å². The van der Waals surface area contributed by atoms with E-state index in [9.17, 15) is 13.6 Å². The van der Waals surface area contributed by atoms with Gasteiger partial charge in [-0.1, -0.05) is 0 Å². The van der Waals surface area contributed by atoms with Gasteiger partial charge in [-0.2, -0.15) is 10.2 Å². The predicted octanol–water partition coefficient (Wildman–Crippen LogP) is 1.69. The van der Waals surface area contributed by atoms with Crippen molar-refractivity contribution in [2.45, 2.75) is 31.7 Å². The molecule has 0 bridgehead atoms. The first kappa shape index (κ1) is 15.4. The van der Waals surface area contributed by atoms with Crippen LogP contribution in [0, 0.1) is 0 Å². The zero-order valence-corrected chi connectivity index (χ0v) is 12.8. The van der Waals surface area contributed by atoms with Crippen molar-refractivity contribution < 1.29 is 13.6 Å². The van der Waals surface area contributed by atoms with Crippen LogP contribution in [-0.4, -0.2) is 30.6 Å². The van der Waals surface area contributed by atoms with E-state index in [1.165, 1.54) is 17.9 Å². The van der Waals surface area contributed by atoms with E-state index in [-0.39, 0.29) is 12.2 Å². The molecule has 0 unspecified atom stereocenters. The maximum absolute atomic E-state index is 12.8. The van der Waals surface area contributed by atoms with Crippen LogP contribution in [0.3, 0.4) is 0 Å². The molecule has 2 aromatic rings. The van der Waals surface area contributed by atoms with Crippen LogP contribution < -0.4 is 10.6 Å². The molecule has 2 aromatic heterocycles. The Kier molecular flexibility index (Phi) is 3.97. The van der Waals surface area contributed by atoms with E-state index in [1.54, 1.807) is 11.7 Å². The quantitative estimate of drug-likeness (QED) is 0.875. The maximum atomic E-state index is 12.8. The number of rotatable bonds is 5. The van der Waals surface area contributed by atoms with Gasteiger partial charge < -0.3 is 10.6 Å². The lowest BCUT2D eigenvalue weighted by Crippen LogP contribution is -2.29. The van der Waals surface area contributed by atoms with Crippen LogP contribution >= 0.6 is 0 Å². The van der Waals surface area contributed by atoms with Crippen LogP contribution in [0.25, 0.3) is 0 Å². The van der Waals surface area contributed by atoms with Gasteiger partial charge in [-0.25, -0.2) is 18.6 Å². The van der Waals surface area contributed by atoms with Gasteiger partial charge in [-0.3, -0.25) is 9.36 Å². The Morgan fingerprint density at radius 3 is 2.78 bits per heavy atom. The van der Waals surface area contributed by atoms with E-state index < -0.39 is 18.2 Å². The number of aryl methyl sites for hydroxylation is 2. The van der Waals surface area contributed by atoms with E-state index in [1.807, 2.05) is 0 Å². The van der Waals surface area contributed by atoms with Gasteiger partial charge in [0.1, 0.15) is 5.82 Å². The molecule has 0 radical (unpaired) electrons.